The van der Waals surface area contributed by atoms with Crippen molar-refractivity contribution in [1.82, 2.24) is 19.5 Å². The van der Waals surface area contributed by atoms with Crippen LogP contribution in [0.1, 0.15) is 31.6 Å². The molecule has 1 saturated heterocycles. The average Bonchev–Trinajstić information content (AvgIpc) is 3.42. The molecule has 7 atom stereocenters. The van der Waals surface area contributed by atoms with Crippen LogP contribution in [-0.4, -0.2) is 69.3 Å². The first-order valence-corrected chi connectivity index (χ1v) is 16.5. The lowest BCUT2D eigenvalue weighted by Crippen LogP contribution is -2.33. The Balaban J connectivity index is 1.37. The molecule has 0 amide bonds. The highest BCUT2D eigenvalue weighted by molar-refractivity contribution is 7.67. The molecule has 3 unspecified atom stereocenters. The van der Waals surface area contributed by atoms with E-state index in [-0.39, 0.29) is 22.7 Å². The van der Waals surface area contributed by atoms with Gasteiger partial charge in [-0.05, 0) is 24.5 Å². The van der Waals surface area contributed by atoms with Gasteiger partial charge in [-0.3, -0.25) is 14.0 Å². The van der Waals surface area contributed by atoms with Gasteiger partial charge in [0.25, 0.3) is 0 Å². The van der Waals surface area contributed by atoms with Crippen molar-refractivity contribution in [2.24, 2.45) is 0 Å². The van der Waals surface area contributed by atoms with Crippen LogP contribution >= 0.6 is 23.5 Å². The molecule has 0 bridgehead atoms. The summed E-state index contributed by atoms with van der Waals surface area (Å²) in [6, 6.07) is 6.11. The van der Waals surface area contributed by atoms with Gasteiger partial charge >= 0.3 is 23.5 Å². The number of para-hydroxylation sites is 1. The fourth-order valence-corrected chi connectivity index (χ4v) is 7.49. The summed E-state index contributed by atoms with van der Waals surface area (Å²) in [4.78, 5) is 41.7. The first-order valence-electron chi connectivity index (χ1n) is 12.0. The standard InChI is InChI=1S/C20H28N5O13P3/c1-2-3-6-12-7-4-5-8-13(12)36-40(30,31)38-41(32,33)37-39(28,29)34-9-14-16(26)17(27)20(35-14)25-11-24-15-18(21)22-10-23-19(15)25/h4-5,7-8,10-11,14,16-17,20,26-27H,2-3,6,9H2,1H3,(H,28,29)(H,30,31)(H,32,33)(H2,21,22,23)/t14-,16-,17-,20-/m1/s1. The molecule has 0 saturated carbocycles. The van der Waals surface area contributed by atoms with E-state index in [1.165, 1.54) is 23.0 Å². The Morgan fingerprint density at radius 2 is 1.71 bits per heavy atom. The fourth-order valence-electron chi connectivity index (χ4n) is 3.93. The van der Waals surface area contributed by atoms with Gasteiger partial charge in [0.1, 0.15) is 35.9 Å². The summed E-state index contributed by atoms with van der Waals surface area (Å²) in [6.45, 7) is 0.996. The number of ether oxygens (including phenoxy) is 1. The molecule has 3 aromatic rings. The summed E-state index contributed by atoms with van der Waals surface area (Å²) in [5.74, 6) is -0.0512. The third-order valence-electron chi connectivity index (χ3n) is 5.80. The second-order valence-corrected chi connectivity index (χ2v) is 13.4. The van der Waals surface area contributed by atoms with Gasteiger partial charge < -0.3 is 35.0 Å². The zero-order valence-electron chi connectivity index (χ0n) is 21.3. The Morgan fingerprint density at radius 3 is 2.44 bits per heavy atom. The quantitative estimate of drug-likeness (QED) is 0.146. The average molecular weight is 639 g/mol. The van der Waals surface area contributed by atoms with E-state index in [1.807, 2.05) is 6.92 Å². The van der Waals surface area contributed by atoms with Gasteiger partial charge in [0.2, 0.25) is 0 Å². The number of rotatable bonds is 13. The van der Waals surface area contributed by atoms with Gasteiger partial charge in [0, 0.05) is 0 Å². The van der Waals surface area contributed by atoms with Gasteiger partial charge in [-0.25, -0.2) is 28.6 Å². The predicted octanol–water partition coefficient (Wildman–Crippen LogP) is 1.80. The summed E-state index contributed by atoms with van der Waals surface area (Å²) in [7, 11) is -16.6. The molecule has 1 fully saturated rings. The first kappa shape index (κ1) is 31.6. The number of hydrogen-bond donors (Lipinski definition) is 6. The molecule has 2 aromatic heterocycles. The van der Waals surface area contributed by atoms with Gasteiger partial charge in [-0.2, -0.15) is 8.62 Å². The number of nitrogens with zero attached hydrogens (tertiary/aromatic N) is 4. The van der Waals surface area contributed by atoms with Crippen molar-refractivity contribution >= 4 is 40.4 Å². The molecule has 226 valence electrons. The number of aliphatic hydroxyl groups excluding tert-OH is 2. The summed E-state index contributed by atoms with van der Waals surface area (Å²) >= 11 is 0. The van der Waals surface area contributed by atoms with E-state index >= 15 is 0 Å². The van der Waals surface area contributed by atoms with Gasteiger partial charge in [-0.1, -0.05) is 31.5 Å². The number of benzene rings is 1. The van der Waals surface area contributed by atoms with Crippen LogP contribution in [0.2, 0.25) is 0 Å². The molecule has 1 aromatic carbocycles. The maximum Gasteiger partial charge on any atom is 0.536 e. The zero-order valence-corrected chi connectivity index (χ0v) is 24.0. The number of anilines is 1. The number of nitrogens with two attached hydrogens (primary N) is 1. The highest BCUT2D eigenvalue weighted by atomic mass is 31.3. The van der Waals surface area contributed by atoms with Crippen LogP contribution in [0.25, 0.3) is 11.2 Å². The van der Waals surface area contributed by atoms with Gasteiger partial charge in [-0.15, -0.1) is 0 Å². The van der Waals surface area contributed by atoms with E-state index in [9.17, 15) is 38.6 Å². The number of nitrogen functional groups attached to an aromatic ring is 1. The van der Waals surface area contributed by atoms with Gasteiger partial charge in [0.05, 0.1) is 12.9 Å². The Bertz CT molecular complexity index is 1520. The van der Waals surface area contributed by atoms with Crippen molar-refractivity contribution in [1.29, 1.82) is 0 Å². The Morgan fingerprint density at radius 1 is 1.00 bits per heavy atom. The second kappa shape index (κ2) is 12.5. The third kappa shape index (κ3) is 7.76. The summed E-state index contributed by atoms with van der Waals surface area (Å²) in [5, 5.41) is 20.8. The van der Waals surface area contributed by atoms with Crippen LogP contribution in [-0.2, 0) is 38.0 Å². The number of fused-ring (bicyclic) bond motifs is 1. The number of aliphatic hydroxyl groups is 2. The first-order chi connectivity index (χ1) is 19.2. The van der Waals surface area contributed by atoms with Crippen LogP contribution in [0.5, 0.6) is 5.75 Å². The molecule has 0 aliphatic carbocycles. The lowest BCUT2D eigenvalue weighted by atomic mass is 10.1. The number of aryl methyl sites for hydroxylation is 1. The smallest absolute Gasteiger partial charge is 0.404 e. The van der Waals surface area contributed by atoms with Crippen LogP contribution < -0.4 is 10.3 Å². The molecule has 3 heterocycles. The van der Waals surface area contributed by atoms with E-state index in [2.05, 4.69) is 28.1 Å². The topological polar surface area (TPSA) is 268 Å². The number of aromatic nitrogens is 4. The molecular formula is C20H28N5O13P3. The number of unbranched alkanes of at least 4 members (excludes halogenated alkanes) is 1. The van der Waals surface area contributed by atoms with Crippen LogP contribution in [0.4, 0.5) is 5.82 Å². The van der Waals surface area contributed by atoms with E-state index in [4.69, 9.17) is 15.0 Å². The number of hydrogen-bond acceptors (Lipinski definition) is 14. The molecule has 7 N–H and O–H groups in total. The largest absolute Gasteiger partial charge is 0.536 e. The highest BCUT2D eigenvalue weighted by Crippen LogP contribution is 2.67. The number of phosphoric ester groups is 2. The molecule has 1 aliphatic heterocycles. The highest BCUT2D eigenvalue weighted by Gasteiger charge is 2.47. The van der Waals surface area contributed by atoms with Crippen LogP contribution in [0.15, 0.2) is 36.9 Å². The van der Waals surface area contributed by atoms with E-state index < -0.39 is 54.6 Å². The molecule has 0 radical (unpaired) electrons. The fraction of sp³-hybridized carbons (Fsp3) is 0.450. The van der Waals surface area contributed by atoms with Crippen molar-refractivity contribution in [2.75, 3.05) is 12.3 Å². The van der Waals surface area contributed by atoms with Crippen LogP contribution in [0.3, 0.4) is 0 Å². The van der Waals surface area contributed by atoms with Crippen molar-refractivity contribution in [3.63, 3.8) is 0 Å². The Kier molecular flexibility index (Phi) is 9.65. The minimum Gasteiger partial charge on any atom is -0.404 e. The maximum atomic E-state index is 12.4. The molecule has 1 aliphatic rings. The normalized spacial score (nSPS) is 25.4. The molecule has 0 spiro atoms. The van der Waals surface area contributed by atoms with Crippen molar-refractivity contribution in [3.8, 4) is 5.75 Å². The number of phosphoric acid groups is 3. The maximum absolute atomic E-state index is 12.4. The van der Waals surface area contributed by atoms with E-state index in [0.29, 0.717) is 12.0 Å². The van der Waals surface area contributed by atoms with E-state index in [0.717, 1.165) is 19.2 Å². The monoisotopic (exact) mass is 639 g/mol. The minimum absolute atomic E-state index is 0.0502. The van der Waals surface area contributed by atoms with E-state index in [1.54, 1.807) is 12.1 Å². The SMILES string of the molecule is CCCCc1ccccc1OP(=O)(O)OP(=O)(O)OP(=O)(O)OC[C@H]1O[C@@H](n2cnc3c(N)ncnc32)[C@H](O)[C@@H]1O. The van der Waals surface area contributed by atoms with Crippen LogP contribution in [0, 0.1) is 0 Å². The molecule has 18 nitrogen and oxygen atoms in total. The summed E-state index contributed by atoms with van der Waals surface area (Å²) in [5.41, 5.74) is 6.61. The minimum atomic E-state index is -5.75. The zero-order chi connectivity index (χ0) is 30.0. The molecule has 41 heavy (non-hydrogen) atoms. The lowest BCUT2D eigenvalue weighted by molar-refractivity contribution is -0.0503. The van der Waals surface area contributed by atoms with Crippen molar-refractivity contribution < 1.29 is 61.0 Å². The molecule has 4 rings (SSSR count). The summed E-state index contributed by atoms with van der Waals surface area (Å²) in [6.07, 6.45) is -1.63. The summed E-state index contributed by atoms with van der Waals surface area (Å²) < 4.78 is 61.6. The third-order valence-corrected chi connectivity index (χ3v) is 10.0. The molecule has 21 heteroatoms. The Labute approximate surface area is 232 Å². The van der Waals surface area contributed by atoms with Crippen molar-refractivity contribution in [3.05, 3.63) is 42.5 Å². The predicted molar refractivity (Wildman–Crippen MR) is 139 cm³/mol. The number of imidazole rings is 1. The second-order valence-electron chi connectivity index (χ2n) is 8.80. The van der Waals surface area contributed by atoms with Gasteiger partial charge in [0.15, 0.2) is 17.7 Å². The lowest BCUT2D eigenvalue weighted by Gasteiger charge is -2.20. The van der Waals surface area contributed by atoms with Crippen molar-refractivity contribution in [2.45, 2.75) is 50.7 Å². The Hall–Kier alpha value is -2.30. The molecular weight excluding hydrogens is 611 g/mol.